The second kappa shape index (κ2) is 7.00. The van der Waals surface area contributed by atoms with Crippen LogP contribution in [0.25, 0.3) is 5.69 Å². The van der Waals surface area contributed by atoms with Crippen molar-refractivity contribution in [2.24, 2.45) is 0 Å². The molecule has 2 aromatic heterocycles. The molecule has 0 amide bonds. The minimum atomic E-state index is 0.453. The van der Waals surface area contributed by atoms with Crippen LogP contribution in [-0.2, 0) is 13.1 Å². The van der Waals surface area contributed by atoms with E-state index in [0.717, 1.165) is 42.6 Å². The molecule has 1 fully saturated rings. The summed E-state index contributed by atoms with van der Waals surface area (Å²) in [6.07, 6.45) is 6.55. The van der Waals surface area contributed by atoms with Gasteiger partial charge in [0.25, 0.3) is 0 Å². The van der Waals surface area contributed by atoms with Gasteiger partial charge in [-0.15, -0.1) is 21.5 Å². The van der Waals surface area contributed by atoms with E-state index in [9.17, 15) is 0 Å². The van der Waals surface area contributed by atoms with E-state index < -0.39 is 0 Å². The van der Waals surface area contributed by atoms with Crippen LogP contribution in [0, 0.1) is 0 Å². The first-order chi connectivity index (χ1) is 13.2. The molecule has 0 N–H and O–H groups in total. The van der Waals surface area contributed by atoms with Gasteiger partial charge < -0.3 is 0 Å². The van der Waals surface area contributed by atoms with Gasteiger partial charge in [-0.2, -0.15) is 0 Å². The lowest BCUT2D eigenvalue weighted by Gasteiger charge is -2.27. The molecule has 0 unspecified atom stereocenters. The molecule has 27 heavy (non-hydrogen) atoms. The summed E-state index contributed by atoms with van der Waals surface area (Å²) in [7, 11) is 2.12. The third-order valence-electron chi connectivity index (χ3n) is 5.78. The van der Waals surface area contributed by atoms with E-state index in [1.165, 1.54) is 29.1 Å². The molecule has 0 spiro atoms. The van der Waals surface area contributed by atoms with E-state index in [1.54, 1.807) is 11.3 Å². The summed E-state index contributed by atoms with van der Waals surface area (Å²) < 4.78 is 2.30. The van der Waals surface area contributed by atoms with Crippen molar-refractivity contribution in [2.75, 3.05) is 7.05 Å². The fourth-order valence-electron chi connectivity index (χ4n) is 4.48. The highest BCUT2D eigenvalue weighted by molar-refractivity contribution is 7.09. The Morgan fingerprint density at radius 3 is 2.67 bits per heavy atom. The fourth-order valence-corrected chi connectivity index (χ4v) is 5.49. The molecule has 140 valence electrons. The molecule has 0 bridgehead atoms. The first kappa shape index (κ1) is 17.3. The van der Waals surface area contributed by atoms with E-state index in [2.05, 4.69) is 49.2 Å². The highest BCUT2D eigenvalue weighted by Crippen LogP contribution is 2.41. The van der Waals surface area contributed by atoms with Crippen LogP contribution in [0.3, 0.4) is 0 Å². The molecule has 1 aromatic carbocycles. The number of hydrogen-bond acceptors (Lipinski definition) is 5. The van der Waals surface area contributed by atoms with Crippen LogP contribution in [0.5, 0.6) is 0 Å². The third-order valence-corrected chi connectivity index (χ3v) is 6.96. The van der Waals surface area contributed by atoms with Crippen molar-refractivity contribution in [2.45, 2.75) is 50.6 Å². The average Bonchev–Trinajstić information content (AvgIpc) is 3.30. The maximum atomic E-state index is 6.27. The molecule has 1 aliphatic carbocycles. The molecule has 0 saturated heterocycles. The summed E-state index contributed by atoms with van der Waals surface area (Å²) in [6, 6.07) is 6.17. The Morgan fingerprint density at radius 2 is 1.89 bits per heavy atom. The minimum absolute atomic E-state index is 0.453. The molecule has 5 nitrogen and oxygen atoms in total. The van der Waals surface area contributed by atoms with Crippen molar-refractivity contribution in [1.82, 2.24) is 24.6 Å². The largest absolute Gasteiger partial charge is 0.295 e. The normalized spacial score (nSPS) is 22.9. The van der Waals surface area contributed by atoms with Gasteiger partial charge in [0.1, 0.15) is 5.82 Å². The van der Waals surface area contributed by atoms with Gasteiger partial charge in [0.05, 0.1) is 17.2 Å². The van der Waals surface area contributed by atoms with Crippen molar-refractivity contribution >= 4 is 22.9 Å². The Bertz CT molecular complexity index is 943. The number of rotatable bonds is 2. The van der Waals surface area contributed by atoms with Crippen LogP contribution in [0.2, 0.25) is 5.02 Å². The molecular weight excluding hydrogens is 378 g/mol. The van der Waals surface area contributed by atoms with Crippen molar-refractivity contribution in [3.05, 3.63) is 57.0 Å². The summed E-state index contributed by atoms with van der Waals surface area (Å²) in [5.41, 5.74) is 2.42. The zero-order valence-corrected chi connectivity index (χ0v) is 16.9. The Balaban J connectivity index is 1.47. The number of thiazole rings is 1. The highest BCUT2D eigenvalue weighted by Gasteiger charge is 2.31. The smallest absolute Gasteiger partial charge is 0.151 e. The minimum Gasteiger partial charge on any atom is -0.295 e. The monoisotopic (exact) mass is 399 g/mol. The topological polar surface area (TPSA) is 46.8 Å². The predicted octanol–water partition coefficient (Wildman–Crippen LogP) is 4.76. The van der Waals surface area contributed by atoms with Crippen molar-refractivity contribution in [3.63, 3.8) is 0 Å². The summed E-state index contributed by atoms with van der Waals surface area (Å²) in [5.74, 6) is 3.19. The summed E-state index contributed by atoms with van der Waals surface area (Å²) in [5, 5.41) is 13.4. The van der Waals surface area contributed by atoms with Crippen LogP contribution < -0.4 is 0 Å². The maximum absolute atomic E-state index is 6.27. The molecular formula is C20H22ClN5S. The van der Waals surface area contributed by atoms with Gasteiger partial charge in [-0.05, 0) is 56.5 Å². The van der Waals surface area contributed by atoms with Crippen molar-refractivity contribution in [1.29, 1.82) is 0 Å². The Morgan fingerprint density at radius 1 is 1.07 bits per heavy atom. The summed E-state index contributed by atoms with van der Waals surface area (Å²) in [4.78, 5) is 6.79. The van der Waals surface area contributed by atoms with Crippen LogP contribution in [0.15, 0.2) is 29.8 Å². The molecule has 1 aliphatic heterocycles. The maximum Gasteiger partial charge on any atom is 0.151 e. The van der Waals surface area contributed by atoms with E-state index >= 15 is 0 Å². The Kier molecular flexibility index (Phi) is 4.50. The van der Waals surface area contributed by atoms with E-state index in [1.807, 2.05) is 12.3 Å². The second-order valence-corrected chi connectivity index (χ2v) is 9.04. The predicted molar refractivity (Wildman–Crippen MR) is 108 cm³/mol. The SMILES string of the molecule is CN1Cc2cc(Cl)ccc2-n2c(nnc2C2CCC(c3nccs3)CC2)C1. The van der Waals surface area contributed by atoms with E-state index in [0.29, 0.717) is 11.8 Å². The van der Waals surface area contributed by atoms with Crippen LogP contribution in [-0.4, -0.2) is 31.7 Å². The van der Waals surface area contributed by atoms with Gasteiger partial charge >= 0.3 is 0 Å². The molecule has 1 saturated carbocycles. The number of aromatic nitrogens is 4. The fraction of sp³-hybridized carbons (Fsp3) is 0.450. The lowest BCUT2D eigenvalue weighted by atomic mass is 9.82. The number of fused-ring (bicyclic) bond motifs is 3. The van der Waals surface area contributed by atoms with Crippen LogP contribution in [0.4, 0.5) is 0 Å². The average molecular weight is 400 g/mol. The molecule has 5 rings (SSSR count). The summed E-state index contributed by atoms with van der Waals surface area (Å²) in [6.45, 7) is 1.67. The number of benzene rings is 1. The number of hydrogen-bond donors (Lipinski definition) is 0. The zero-order chi connectivity index (χ0) is 18.4. The second-order valence-electron chi connectivity index (χ2n) is 7.67. The first-order valence-corrected chi connectivity index (χ1v) is 10.8. The van der Waals surface area contributed by atoms with Gasteiger partial charge in [0, 0.05) is 35.0 Å². The Labute approximate surface area is 168 Å². The van der Waals surface area contributed by atoms with Crippen molar-refractivity contribution in [3.8, 4) is 5.69 Å². The van der Waals surface area contributed by atoms with Gasteiger partial charge in [0.15, 0.2) is 5.82 Å². The molecule has 0 radical (unpaired) electrons. The van der Waals surface area contributed by atoms with Gasteiger partial charge in [-0.25, -0.2) is 4.98 Å². The van der Waals surface area contributed by atoms with E-state index in [4.69, 9.17) is 11.6 Å². The molecule has 3 heterocycles. The molecule has 7 heteroatoms. The van der Waals surface area contributed by atoms with Gasteiger partial charge in [0.2, 0.25) is 0 Å². The third kappa shape index (κ3) is 3.20. The Hall–Kier alpha value is -1.76. The van der Waals surface area contributed by atoms with Crippen LogP contribution in [0.1, 0.15) is 59.7 Å². The van der Waals surface area contributed by atoms with Gasteiger partial charge in [-0.1, -0.05) is 11.6 Å². The lowest BCUT2D eigenvalue weighted by Crippen LogP contribution is -2.17. The highest BCUT2D eigenvalue weighted by atomic mass is 35.5. The van der Waals surface area contributed by atoms with E-state index in [-0.39, 0.29) is 0 Å². The lowest BCUT2D eigenvalue weighted by molar-refractivity contribution is 0.315. The number of halogens is 1. The van der Waals surface area contributed by atoms with Gasteiger partial charge in [-0.3, -0.25) is 9.47 Å². The number of nitrogens with zero attached hydrogens (tertiary/aromatic N) is 5. The van der Waals surface area contributed by atoms with Crippen molar-refractivity contribution < 1.29 is 0 Å². The summed E-state index contributed by atoms with van der Waals surface area (Å²) >= 11 is 8.05. The standard InChI is InChI=1S/C20H22ClN5S/c1-25-11-15-10-16(21)6-7-17(15)26-18(12-25)23-24-19(26)13-2-4-14(5-3-13)20-22-8-9-27-20/h6-10,13-14H,2-5,11-12H2,1H3. The zero-order valence-electron chi connectivity index (χ0n) is 15.3. The quantitative estimate of drug-likeness (QED) is 0.623. The first-order valence-electron chi connectivity index (χ1n) is 9.50. The molecule has 0 atom stereocenters. The molecule has 3 aromatic rings. The molecule has 2 aliphatic rings. The van der Waals surface area contributed by atoms with Crippen LogP contribution >= 0.6 is 22.9 Å².